The number of rotatable bonds is 7. The van der Waals surface area contributed by atoms with E-state index in [1.807, 2.05) is 0 Å². The standard InChI is InChI=1S/C12H14BrN5O5/c1-8(19)23-3-2-22-7-18-5-9(15-16-18)4-17-6-10(13)11(20)14-12(17)21/h5-6H,2-4,7H2,1H3,(H,14,20,21). The Bertz CT molecular complexity index is 796. The summed E-state index contributed by atoms with van der Waals surface area (Å²) < 4.78 is 13.0. The van der Waals surface area contributed by atoms with Crippen LogP contribution in [0.1, 0.15) is 12.6 Å². The summed E-state index contributed by atoms with van der Waals surface area (Å²) in [6, 6.07) is 0. The lowest BCUT2D eigenvalue weighted by molar-refractivity contribution is -0.142. The average Bonchev–Trinajstić information content (AvgIpc) is 2.91. The van der Waals surface area contributed by atoms with Gasteiger partial charge < -0.3 is 9.47 Å². The number of aromatic nitrogens is 5. The van der Waals surface area contributed by atoms with Gasteiger partial charge in [-0.3, -0.25) is 19.1 Å². The van der Waals surface area contributed by atoms with E-state index in [2.05, 4.69) is 31.2 Å². The van der Waals surface area contributed by atoms with Gasteiger partial charge in [0.05, 0.1) is 23.8 Å². The predicted molar refractivity (Wildman–Crippen MR) is 80.7 cm³/mol. The number of esters is 1. The highest BCUT2D eigenvalue weighted by molar-refractivity contribution is 9.10. The van der Waals surface area contributed by atoms with Crippen molar-refractivity contribution in [2.75, 3.05) is 13.2 Å². The summed E-state index contributed by atoms with van der Waals surface area (Å²) in [7, 11) is 0. The van der Waals surface area contributed by atoms with Gasteiger partial charge in [0.25, 0.3) is 5.56 Å². The molecule has 23 heavy (non-hydrogen) atoms. The second-order valence-electron chi connectivity index (χ2n) is 4.49. The molecule has 2 heterocycles. The molecule has 0 saturated carbocycles. The Morgan fingerprint density at radius 1 is 1.35 bits per heavy atom. The summed E-state index contributed by atoms with van der Waals surface area (Å²) in [6.07, 6.45) is 2.99. The van der Waals surface area contributed by atoms with Gasteiger partial charge in [-0.2, -0.15) is 0 Å². The van der Waals surface area contributed by atoms with Gasteiger partial charge in [0.15, 0.2) is 0 Å². The number of hydrogen-bond donors (Lipinski definition) is 1. The maximum Gasteiger partial charge on any atom is 0.328 e. The zero-order valence-electron chi connectivity index (χ0n) is 12.2. The zero-order valence-corrected chi connectivity index (χ0v) is 13.8. The fourth-order valence-electron chi connectivity index (χ4n) is 1.65. The van der Waals surface area contributed by atoms with E-state index in [1.54, 1.807) is 6.20 Å². The highest BCUT2D eigenvalue weighted by Crippen LogP contribution is 2.01. The quantitative estimate of drug-likeness (QED) is 0.500. The van der Waals surface area contributed by atoms with Crippen molar-refractivity contribution in [2.24, 2.45) is 0 Å². The minimum atomic E-state index is -0.537. The Labute approximate surface area is 138 Å². The Balaban J connectivity index is 1.90. The van der Waals surface area contributed by atoms with Gasteiger partial charge >= 0.3 is 11.7 Å². The Morgan fingerprint density at radius 3 is 2.87 bits per heavy atom. The first-order valence-corrected chi connectivity index (χ1v) is 7.34. The lowest BCUT2D eigenvalue weighted by Gasteiger charge is -2.04. The van der Waals surface area contributed by atoms with Crippen molar-refractivity contribution in [3.63, 3.8) is 0 Å². The topological polar surface area (TPSA) is 121 Å². The molecule has 0 saturated heterocycles. The van der Waals surface area contributed by atoms with Crippen molar-refractivity contribution in [2.45, 2.75) is 20.2 Å². The van der Waals surface area contributed by atoms with Crippen LogP contribution in [0.3, 0.4) is 0 Å². The van der Waals surface area contributed by atoms with Crippen LogP contribution in [0.4, 0.5) is 0 Å². The predicted octanol–water partition coefficient (Wildman–Crippen LogP) is -0.524. The first kappa shape index (κ1) is 17.1. The lowest BCUT2D eigenvalue weighted by Crippen LogP contribution is -2.30. The van der Waals surface area contributed by atoms with Crippen LogP contribution in [0.15, 0.2) is 26.5 Å². The number of aromatic amines is 1. The summed E-state index contributed by atoms with van der Waals surface area (Å²) >= 11 is 3.06. The van der Waals surface area contributed by atoms with Gasteiger partial charge in [-0.05, 0) is 15.9 Å². The molecule has 0 fully saturated rings. The highest BCUT2D eigenvalue weighted by Gasteiger charge is 2.06. The van der Waals surface area contributed by atoms with Gasteiger partial charge in [0.2, 0.25) is 0 Å². The van der Waals surface area contributed by atoms with Crippen LogP contribution in [-0.2, 0) is 27.5 Å². The van der Waals surface area contributed by atoms with Crippen molar-refractivity contribution < 1.29 is 14.3 Å². The molecule has 10 nitrogen and oxygen atoms in total. The van der Waals surface area contributed by atoms with Gasteiger partial charge in [-0.15, -0.1) is 5.10 Å². The van der Waals surface area contributed by atoms with E-state index in [0.29, 0.717) is 5.69 Å². The smallest absolute Gasteiger partial charge is 0.328 e. The maximum absolute atomic E-state index is 11.7. The fourth-order valence-corrected chi connectivity index (χ4v) is 2.00. The van der Waals surface area contributed by atoms with Crippen LogP contribution in [0, 0.1) is 0 Å². The van der Waals surface area contributed by atoms with E-state index in [4.69, 9.17) is 9.47 Å². The number of carbonyl (C=O) groups excluding carboxylic acids is 1. The second kappa shape index (κ2) is 7.83. The molecule has 124 valence electrons. The third-order valence-corrected chi connectivity index (χ3v) is 3.21. The number of nitrogens with one attached hydrogen (secondary N) is 1. The SMILES string of the molecule is CC(=O)OCCOCn1cc(Cn2cc(Br)c(=O)[nH]c2=O)nn1. The molecule has 2 rings (SSSR count). The molecule has 0 amide bonds. The first-order chi connectivity index (χ1) is 11.0. The van der Waals surface area contributed by atoms with Crippen LogP contribution in [-0.4, -0.2) is 43.7 Å². The third-order valence-electron chi connectivity index (χ3n) is 2.64. The van der Waals surface area contributed by atoms with Crippen LogP contribution in [0.25, 0.3) is 0 Å². The van der Waals surface area contributed by atoms with Gasteiger partial charge in [0, 0.05) is 13.1 Å². The molecule has 0 atom stereocenters. The largest absolute Gasteiger partial charge is 0.463 e. The van der Waals surface area contributed by atoms with Crippen LogP contribution in [0.5, 0.6) is 0 Å². The molecule has 2 aromatic rings. The average molecular weight is 388 g/mol. The summed E-state index contributed by atoms with van der Waals surface area (Å²) in [5.74, 6) is -0.367. The number of halogens is 1. The highest BCUT2D eigenvalue weighted by atomic mass is 79.9. The zero-order chi connectivity index (χ0) is 16.8. The van der Waals surface area contributed by atoms with Crippen molar-refractivity contribution >= 4 is 21.9 Å². The monoisotopic (exact) mass is 387 g/mol. The molecular weight excluding hydrogens is 374 g/mol. The van der Waals surface area contributed by atoms with E-state index >= 15 is 0 Å². The molecule has 0 spiro atoms. The normalized spacial score (nSPS) is 10.7. The van der Waals surface area contributed by atoms with Crippen molar-refractivity contribution in [1.29, 1.82) is 0 Å². The maximum atomic E-state index is 11.7. The molecule has 2 aromatic heterocycles. The number of hydrogen-bond acceptors (Lipinski definition) is 7. The Kier molecular flexibility index (Phi) is 5.82. The number of ether oxygens (including phenoxy) is 2. The van der Waals surface area contributed by atoms with E-state index < -0.39 is 11.2 Å². The number of nitrogens with zero attached hydrogens (tertiary/aromatic N) is 4. The van der Waals surface area contributed by atoms with Crippen LogP contribution < -0.4 is 11.2 Å². The third kappa shape index (κ3) is 5.14. The van der Waals surface area contributed by atoms with E-state index in [0.717, 1.165) is 0 Å². The van der Waals surface area contributed by atoms with Crippen LogP contribution in [0.2, 0.25) is 0 Å². The molecule has 1 N–H and O–H groups in total. The lowest BCUT2D eigenvalue weighted by atomic mass is 10.4. The minimum Gasteiger partial charge on any atom is -0.463 e. The minimum absolute atomic E-state index is 0.137. The molecule has 0 bridgehead atoms. The summed E-state index contributed by atoms with van der Waals surface area (Å²) in [4.78, 5) is 35.7. The molecular formula is C12H14BrN5O5. The van der Waals surface area contributed by atoms with Crippen molar-refractivity contribution in [3.8, 4) is 0 Å². The molecule has 0 aliphatic heterocycles. The molecule has 0 aliphatic rings. The molecule has 11 heteroatoms. The van der Waals surface area contributed by atoms with Crippen LogP contribution >= 0.6 is 15.9 Å². The molecule has 0 aromatic carbocycles. The fraction of sp³-hybridized carbons (Fsp3) is 0.417. The Hall–Kier alpha value is -2.27. The number of H-pyrrole nitrogens is 1. The van der Waals surface area contributed by atoms with E-state index in [1.165, 1.54) is 22.4 Å². The van der Waals surface area contributed by atoms with E-state index in [-0.39, 0.29) is 36.9 Å². The summed E-state index contributed by atoms with van der Waals surface area (Å²) in [5.41, 5.74) is -0.504. The van der Waals surface area contributed by atoms with Gasteiger partial charge in [-0.25, -0.2) is 9.48 Å². The summed E-state index contributed by atoms with van der Waals surface area (Å²) in [5, 5.41) is 7.76. The Morgan fingerprint density at radius 2 is 2.13 bits per heavy atom. The first-order valence-electron chi connectivity index (χ1n) is 6.55. The van der Waals surface area contributed by atoms with E-state index in [9.17, 15) is 14.4 Å². The number of carbonyl (C=O) groups is 1. The van der Waals surface area contributed by atoms with Crippen molar-refractivity contribution in [1.82, 2.24) is 24.5 Å². The van der Waals surface area contributed by atoms with Gasteiger partial charge in [0.1, 0.15) is 19.0 Å². The van der Waals surface area contributed by atoms with Gasteiger partial charge in [-0.1, -0.05) is 5.21 Å². The summed E-state index contributed by atoms with van der Waals surface area (Å²) in [6.45, 7) is 2.01. The molecule has 0 aliphatic carbocycles. The van der Waals surface area contributed by atoms with Crippen molar-refractivity contribution in [3.05, 3.63) is 43.4 Å². The molecule has 0 radical (unpaired) electrons. The molecule has 0 unspecified atom stereocenters. The second-order valence-corrected chi connectivity index (χ2v) is 5.35.